The quantitative estimate of drug-likeness (QED) is 0.257. The maximum atomic E-state index is 12.4. The van der Waals surface area contributed by atoms with Crippen LogP contribution in [-0.2, 0) is 4.79 Å². The predicted molar refractivity (Wildman–Crippen MR) is 149 cm³/mol. The van der Waals surface area contributed by atoms with Crippen LogP contribution in [0.3, 0.4) is 0 Å². The van der Waals surface area contributed by atoms with Crippen molar-refractivity contribution < 1.29 is 9.72 Å². The van der Waals surface area contributed by atoms with Gasteiger partial charge in [-0.1, -0.05) is 25.0 Å². The summed E-state index contributed by atoms with van der Waals surface area (Å²) in [5.41, 5.74) is 0.809. The Balaban J connectivity index is 1.10. The summed E-state index contributed by atoms with van der Waals surface area (Å²) >= 11 is 1.58. The third-order valence-corrected chi connectivity index (χ3v) is 8.48. The van der Waals surface area contributed by atoms with Gasteiger partial charge in [0.1, 0.15) is 5.82 Å². The van der Waals surface area contributed by atoms with Crippen LogP contribution in [0.1, 0.15) is 31.2 Å². The molecule has 1 saturated heterocycles. The first-order valence-corrected chi connectivity index (χ1v) is 13.9. The van der Waals surface area contributed by atoms with Crippen LogP contribution < -0.4 is 10.2 Å². The molecule has 2 fully saturated rings. The number of aromatic nitrogens is 1. The van der Waals surface area contributed by atoms with Gasteiger partial charge in [-0.15, -0.1) is 0 Å². The molecule has 1 aliphatic heterocycles. The van der Waals surface area contributed by atoms with Crippen LogP contribution in [0, 0.1) is 22.0 Å². The van der Waals surface area contributed by atoms with E-state index in [0.717, 1.165) is 50.5 Å². The van der Waals surface area contributed by atoms with Crippen molar-refractivity contribution in [2.45, 2.75) is 25.7 Å². The molecule has 0 radical (unpaired) electrons. The number of nitrogens with zero attached hydrogens (tertiary/aromatic N) is 4. The molecule has 0 bridgehead atoms. The van der Waals surface area contributed by atoms with E-state index in [4.69, 9.17) is 4.37 Å². The Labute approximate surface area is 221 Å². The van der Waals surface area contributed by atoms with E-state index < -0.39 is 4.92 Å². The van der Waals surface area contributed by atoms with Gasteiger partial charge in [-0.25, -0.2) is 0 Å². The summed E-state index contributed by atoms with van der Waals surface area (Å²) in [5, 5.41) is 15.1. The summed E-state index contributed by atoms with van der Waals surface area (Å²) in [6, 6.07) is 14.7. The number of rotatable bonds is 8. The molecule has 2 atom stereocenters. The van der Waals surface area contributed by atoms with Gasteiger partial charge >= 0.3 is 0 Å². The highest BCUT2D eigenvalue weighted by Crippen LogP contribution is 2.32. The Morgan fingerprint density at radius 1 is 1.05 bits per heavy atom. The summed E-state index contributed by atoms with van der Waals surface area (Å²) in [6.45, 7) is 5.85. The lowest BCUT2D eigenvalue weighted by Crippen LogP contribution is -2.49. The van der Waals surface area contributed by atoms with Gasteiger partial charge in [0.25, 0.3) is 5.69 Å². The average molecular weight is 520 g/mol. The van der Waals surface area contributed by atoms with Gasteiger partial charge in [-0.3, -0.25) is 19.8 Å². The van der Waals surface area contributed by atoms with Gasteiger partial charge in [-0.2, -0.15) is 4.37 Å². The Bertz CT molecular complexity index is 1250. The molecule has 194 valence electrons. The summed E-state index contributed by atoms with van der Waals surface area (Å²) in [6.07, 6.45) is 8.07. The first-order valence-electron chi connectivity index (χ1n) is 13.1. The third kappa shape index (κ3) is 6.34. The first kappa shape index (κ1) is 25.4. The minimum atomic E-state index is -0.427. The number of piperazine rings is 1. The van der Waals surface area contributed by atoms with E-state index in [0.29, 0.717) is 18.4 Å². The Kier molecular flexibility index (Phi) is 8.11. The van der Waals surface area contributed by atoms with Gasteiger partial charge in [0.05, 0.1) is 9.62 Å². The zero-order valence-corrected chi connectivity index (χ0v) is 21.7. The maximum Gasteiger partial charge on any atom is 0.269 e. The van der Waals surface area contributed by atoms with E-state index in [1.807, 2.05) is 0 Å². The summed E-state index contributed by atoms with van der Waals surface area (Å²) in [4.78, 5) is 27.8. The largest absolute Gasteiger partial charge is 0.353 e. The summed E-state index contributed by atoms with van der Waals surface area (Å²) in [5.74, 6) is 2.09. The van der Waals surface area contributed by atoms with Gasteiger partial charge < -0.3 is 10.2 Å². The molecule has 8 nitrogen and oxygen atoms in total. The number of hydrogen-bond donors (Lipinski definition) is 1. The predicted octanol–water partition coefficient (Wildman–Crippen LogP) is 4.96. The van der Waals surface area contributed by atoms with Crippen molar-refractivity contribution in [2.24, 2.45) is 11.8 Å². The summed E-state index contributed by atoms with van der Waals surface area (Å²) < 4.78 is 5.98. The van der Waals surface area contributed by atoms with E-state index in [9.17, 15) is 14.9 Å². The number of hydrogen-bond acceptors (Lipinski definition) is 7. The van der Waals surface area contributed by atoms with Crippen LogP contribution in [0.2, 0.25) is 0 Å². The molecule has 1 aromatic heterocycles. The zero-order chi connectivity index (χ0) is 25.6. The van der Waals surface area contributed by atoms with Crippen LogP contribution in [0.15, 0.2) is 54.6 Å². The fourth-order valence-electron chi connectivity index (χ4n) is 5.54. The third-order valence-electron chi connectivity index (χ3n) is 7.66. The van der Waals surface area contributed by atoms with E-state index in [-0.39, 0.29) is 11.6 Å². The SMILES string of the molecule is O=C(C=Cc1ccc([N+](=O)[O-])cc1)NC[C@H]1CCCC[C@@H]1CN1CCN(c2nsc3ccccc23)CC1. The lowest BCUT2D eigenvalue weighted by atomic mass is 9.78. The fraction of sp³-hybridized carbons (Fsp3) is 0.429. The highest BCUT2D eigenvalue weighted by Gasteiger charge is 2.29. The van der Waals surface area contributed by atoms with Crippen LogP contribution >= 0.6 is 11.5 Å². The highest BCUT2D eigenvalue weighted by molar-refractivity contribution is 7.13. The van der Waals surface area contributed by atoms with Crippen molar-refractivity contribution >= 4 is 45.1 Å². The van der Waals surface area contributed by atoms with Crippen molar-refractivity contribution in [3.63, 3.8) is 0 Å². The van der Waals surface area contributed by atoms with Crippen molar-refractivity contribution in [2.75, 3.05) is 44.2 Å². The van der Waals surface area contributed by atoms with Crippen molar-refractivity contribution in [3.05, 3.63) is 70.3 Å². The number of fused-ring (bicyclic) bond motifs is 1. The van der Waals surface area contributed by atoms with Gasteiger partial charge in [0.2, 0.25) is 5.91 Å². The molecule has 3 aromatic rings. The fourth-order valence-corrected chi connectivity index (χ4v) is 6.33. The Morgan fingerprint density at radius 2 is 1.78 bits per heavy atom. The van der Waals surface area contributed by atoms with E-state index >= 15 is 0 Å². The standard InChI is InChI=1S/C28H33N5O3S/c34-27(14-11-21-9-12-24(13-10-21)33(35)36)29-19-22-5-1-2-6-23(22)20-31-15-17-32(18-16-31)28-25-7-3-4-8-26(25)37-30-28/h3-4,7-14,22-23H,1-2,5-6,15-20H2,(H,29,34)/t22-,23-/m1/s1. The normalized spacial score (nSPS) is 20.9. The molecule has 2 heterocycles. The number of non-ortho nitro benzene ring substituents is 1. The molecule has 1 saturated carbocycles. The highest BCUT2D eigenvalue weighted by atomic mass is 32.1. The number of carbonyl (C=O) groups is 1. The molecule has 1 aliphatic carbocycles. The second kappa shape index (κ2) is 11.8. The number of nitro groups is 1. The average Bonchev–Trinajstić information content (AvgIpc) is 3.36. The Morgan fingerprint density at radius 3 is 2.54 bits per heavy atom. The number of nitro benzene ring substituents is 1. The first-order chi connectivity index (χ1) is 18.1. The van der Waals surface area contributed by atoms with Gasteiger partial charge in [0, 0.05) is 62.9 Å². The Hall–Kier alpha value is -3.30. The lowest BCUT2D eigenvalue weighted by Gasteiger charge is -2.40. The number of benzene rings is 2. The van der Waals surface area contributed by atoms with Crippen molar-refractivity contribution in [1.82, 2.24) is 14.6 Å². The number of anilines is 1. The number of amides is 1. The molecule has 2 aliphatic rings. The molecule has 1 amide bonds. The minimum absolute atomic E-state index is 0.0444. The maximum absolute atomic E-state index is 12.4. The van der Waals surface area contributed by atoms with Crippen LogP contribution in [0.4, 0.5) is 11.5 Å². The molecular weight excluding hydrogens is 486 g/mol. The van der Waals surface area contributed by atoms with E-state index in [1.54, 1.807) is 29.7 Å². The lowest BCUT2D eigenvalue weighted by molar-refractivity contribution is -0.384. The second-order valence-corrected chi connectivity index (χ2v) is 10.8. The van der Waals surface area contributed by atoms with Gasteiger partial charge in [-0.05, 0) is 72.1 Å². The van der Waals surface area contributed by atoms with E-state index in [1.165, 1.54) is 47.6 Å². The van der Waals surface area contributed by atoms with Crippen molar-refractivity contribution in [3.8, 4) is 0 Å². The molecule has 37 heavy (non-hydrogen) atoms. The molecule has 0 unspecified atom stereocenters. The summed E-state index contributed by atoms with van der Waals surface area (Å²) in [7, 11) is 0. The molecule has 5 rings (SSSR count). The number of nitrogens with one attached hydrogen (secondary N) is 1. The number of carbonyl (C=O) groups excluding carboxylic acids is 1. The second-order valence-electron chi connectivity index (χ2n) is 10.0. The van der Waals surface area contributed by atoms with Crippen LogP contribution in [0.5, 0.6) is 0 Å². The van der Waals surface area contributed by atoms with Gasteiger partial charge in [0.15, 0.2) is 0 Å². The smallest absolute Gasteiger partial charge is 0.269 e. The monoisotopic (exact) mass is 519 g/mol. The molecule has 9 heteroatoms. The van der Waals surface area contributed by atoms with Crippen LogP contribution in [-0.4, -0.2) is 59.4 Å². The molecule has 2 aromatic carbocycles. The molecule has 0 spiro atoms. The zero-order valence-electron chi connectivity index (χ0n) is 20.9. The minimum Gasteiger partial charge on any atom is -0.353 e. The van der Waals surface area contributed by atoms with Crippen LogP contribution in [0.25, 0.3) is 16.2 Å². The topological polar surface area (TPSA) is 91.6 Å². The van der Waals surface area contributed by atoms with E-state index in [2.05, 4.69) is 39.4 Å². The molecular formula is C28H33N5O3S. The molecule has 1 N–H and O–H groups in total. The van der Waals surface area contributed by atoms with Crippen molar-refractivity contribution in [1.29, 1.82) is 0 Å².